The zero-order valence-electron chi connectivity index (χ0n) is 9.24. The minimum absolute atomic E-state index is 0.0643. The molecule has 0 unspecified atom stereocenters. The molecule has 0 fully saturated rings. The Hall–Kier alpha value is -2.23. The maximum atomic E-state index is 11.7. The van der Waals surface area contributed by atoms with E-state index in [2.05, 4.69) is 9.97 Å². The summed E-state index contributed by atoms with van der Waals surface area (Å²) in [5, 5.41) is 0. The topological polar surface area (TPSA) is 52.1 Å². The predicted molar refractivity (Wildman–Crippen MR) is 62.9 cm³/mol. The number of aromatic nitrogens is 2. The van der Waals surface area contributed by atoms with Crippen molar-refractivity contribution in [2.24, 2.45) is 0 Å². The summed E-state index contributed by atoms with van der Waals surface area (Å²) in [7, 11) is 0. The predicted octanol–water partition coefficient (Wildman–Crippen LogP) is 2.13. The third-order valence-corrected chi connectivity index (χ3v) is 2.21. The molecule has 0 N–H and O–H groups in total. The van der Waals surface area contributed by atoms with Gasteiger partial charge in [0.15, 0.2) is 5.78 Å². The van der Waals surface area contributed by atoms with Gasteiger partial charge in [-0.1, -0.05) is 30.3 Å². The number of Topliss-reactive ketones (excluding diaryl/α,β-unsaturated/α-hetero) is 1. The van der Waals surface area contributed by atoms with Crippen LogP contribution < -0.4 is 4.74 Å². The normalized spacial score (nSPS) is 9.88. The fourth-order valence-electron chi connectivity index (χ4n) is 1.38. The monoisotopic (exact) mass is 228 g/mol. The third kappa shape index (κ3) is 3.38. The molecule has 0 aliphatic rings. The van der Waals surface area contributed by atoms with Gasteiger partial charge in [0, 0.05) is 24.4 Å². The van der Waals surface area contributed by atoms with Crippen molar-refractivity contribution in [2.75, 3.05) is 6.61 Å². The second-order valence-electron chi connectivity index (χ2n) is 3.43. The van der Waals surface area contributed by atoms with Crippen molar-refractivity contribution in [3.63, 3.8) is 0 Å². The van der Waals surface area contributed by atoms with Gasteiger partial charge < -0.3 is 4.74 Å². The minimum atomic E-state index is 0.0643. The molecule has 0 atom stereocenters. The first-order valence-electron chi connectivity index (χ1n) is 5.33. The molecular formula is C13H12N2O2. The van der Waals surface area contributed by atoms with Gasteiger partial charge in [0.2, 0.25) is 5.88 Å². The molecule has 2 rings (SSSR count). The van der Waals surface area contributed by atoms with Crippen molar-refractivity contribution >= 4 is 5.78 Å². The number of carbonyl (C=O) groups is 1. The van der Waals surface area contributed by atoms with Crippen molar-refractivity contribution in [1.82, 2.24) is 9.97 Å². The van der Waals surface area contributed by atoms with Crippen LogP contribution in [-0.4, -0.2) is 22.4 Å². The van der Waals surface area contributed by atoms with E-state index in [1.54, 1.807) is 24.5 Å². The first-order chi connectivity index (χ1) is 8.36. The van der Waals surface area contributed by atoms with Gasteiger partial charge in [0.1, 0.15) is 0 Å². The molecule has 1 aromatic carbocycles. The Balaban J connectivity index is 1.82. The summed E-state index contributed by atoms with van der Waals surface area (Å²) in [5.74, 6) is 0.503. The highest BCUT2D eigenvalue weighted by atomic mass is 16.5. The highest BCUT2D eigenvalue weighted by Gasteiger charge is 2.05. The first-order valence-corrected chi connectivity index (χ1v) is 5.33. The number of ether oxygens (including phenoxy) is 1. The van der Waals surface area contributed by atoms with Crippen molar-refractivity contribution < 1.29 is 9.53 Å². The Kier molecular flexibility index (Phi) is 3.81. The lowest BCUT2D eigenvalue weighted by molar-refractivity contribution is 0.0961. The Bertz CT molecular complexity index is 471. The van der Waals surface area contributed by atoms with Crippen molar-refractivity contribution in [1.29, 1.82) is 0 Å². The summed E-state index contributed by atoms with van der Waals surface area (Å²) >= 11 is 0. The van der Waals surface area contributed by atoms with Crippen LogP contribution in [0.3, 0.4) is 0 Å². The Labute approximate surface area is 99.3 Å². The van der Waals surface area contributed by atoms with E-state index in [-0.39, 0.29) is 5.78 Å². The van der Waals surface area contributed by atoms with E-state index in [4.69, 9.17) is 4.74 Å². The average molecular weight is 228 g/mol. The average Bonchev–Trinajstić information content (AvgIpc) is 2.41. The SMILES string of the molecule is O=C(CCOc1cnccn1)c1ccccc1. The molecule has 1 aromatic heterocycles. The van der Waals surface area contributed by atoms with Crippen LogP contribution in [0.4, 0.5) is 0 Å². The van der Waals surface area contributed by atoms with Gasteiger partial charge in [-0.05, 0) is 0 Å². The number of nitrogens with zero attached hydrogens (tertiary/aromatic N) is 2. The number of carbonyl (C=O) groups excluding carboxylic acids is 1. The summed E-state index contributed by atoms with van der Waals surface area (Å²) in [6.45, 7) is 0.312. The lowest BCUT2D eigenvalue weighted by Gasteiger charge is -2.03. The van der Waals surface area contributed by atoms with E-state index in [0.717, 1.165) is 0 Å². The zero-order chi connectivity index (χ0) is 11.9. The van der Waals surface area contributed by atoms with E-state index in [1.807, 2.05) is 18.2 Å². The molecule has 0 aliphatic carbocycles. The second kappa shape index (κ2) is 5.75. The second-order valence-corrected chi connectivity index (χ2v) is 3.43. The molecule has 0 spiro atoms. The fraction of sp³-hybridized carbons (Fsp3) is 0.154. The Morgan fingerprint density at radius 2 is 2.00 bits per heavy atom. The smallest absolute Gasteiger partial charge is 0.232 e. The van der Waals surface area contributed by atoms with E-state index >= 15 is 0 Å². The molecule has 4 heteroatoms. The summed E-state index contributed by atoms with van der Waals surface area (Å²) < 4.78 is 5.30. The third-order valence-electron chi connectivity index (χ3n) is 2.21. The number of ketones is 1. The van der Waals surface area contributed by atoms with Crippen LogP contribution in [0.2, 0.25) is 0 Å². The van der Waals surface area contributed by atoms with Crippen LogP contribution in [0.15, 0.2) is 48.9 Å². The van der Waals surface area contributed by atoms with Gasteiger partial charge in [0.25, 0.3) is 0 Å². The summed E-state index contributed by atoms with van der Waals surface area (Å²) in [6, 6.07) is 9.16. The summed E-state index contributed by atoms with van der Waals surface area (Å²) in [6.07, 6.45) is 4.98. The lowest BCUT2D eigenvalue weighted by atomic mass is 10.1. The number of benzene rings is 1. The number of hydrogen-bond acceptors (Lipinski definition) is 4. The van der Waals surface area contributed by atoms with Gasteiger partial charge in [-0.3, -0.25) is 9.78 Å². The molecule has 17 heavy (non-hydrogen) atoms. The Morgan fingerprint density at radius 1 is 1.18 bits per heavy atom. The van der Waals surface area contributed by atoms with Crippen molar-refractivity contribution in [3.05, 3.63) is 54.5 Å². The molecule has 0 bridgehead atoms. The van der Waals surface area contributed by atoms with Gasteiger partial charge in [-0.2, -0.15) is 0 Å². The van der Waals surface area contributed by atoms with E-state index in [9.17, 15) is 4.79 Å². The summed E-state index contributed by atoms with van der Waals surface area (Å²) in [4.78, 5) is 19.5. The maximum Gasteiger partial charge on any atom is 0.232 e. The largest absolute Gasteiger partial charge is 0.476 e. The standard InChI is InChI=1S/C13H12N2O2/c16-12(11-4-2-1-3-5-11)6-9-17-13-10-14-7-8-15-13/h1-5,7-8,10H,6,9H2. The molecule has 0 amide bonds. The zero-order valence-corrected chi connectivity index (χ0v) is 9.24. The maximum absolute atomic E-state index is 11.7. The number of hydrogen-bond donors (Lipinski definition) is 0. The van der Waals surface area contributed by atoms with Crippen molar-refractivity contribution in [3.8, 4) is 5.88 Å². The minimum Gasteiger partial charge on any atom is -0.476 e. The van der Waals surface area contributed by atoms with Gasteiger partial charge in [-0.25, -0.2) is 4.98 Å². The molecule has 86 valence electrons. The van der Waals surface area contributed by atoms with Crippen LogP contribution in [-0.2, 0) is 0 Å². The van der Waals surface area contributed by atoms with Gasteiger partial charge in [0.05, 0.1) is 12.8 Å². The lowest BCUT2D eigenvalue weighted by Crippen LogP contribution is -2.07. The van der Waals surface area contributed by atoms with E-state index < -0.39 is 0 Å². The quantitative estimate of drug-likeness (QED) is 0.735. The van der Waals surface area contributed by atoms with Gasteiger partial charge >= 0.3 is 0 Å². The van der Waals surface area contributed by atoms with E-state index in [0.29, 0.717) is 24.5 Å². The molecule has 0 saturated heterocycles. The number of rotatable bonds is 5. The molecular weight excluding hydrogens is 216 g/mol. The van der Waals surface area contributed by atoms with Gasteiger partial charge in [-0.15, -0.1) is 0 Å². The summed E-state index contributed by atoms with van der Waals surface area (Å²) in [5.41, 5.74) is 0.704. The van der Waals surface area contributed by atoms with Crippen LogP contribution in [0.1, 0.15) is 16.8 Å². The first kappa shape index (κ1) is 11.3. The molecule has 0 aliphatic heterocycles. The van der Waals surface area contributed by atoms with Crippen LogP contribution in [0, 0.1) is 0 Å². The highest BCUT2D eigenvalue weighted by molar-refractivity contribution is 5.96. The van der Waals surface area contributed by atoms with E-state index in [1.165, 1.54) is 6.20 Å². The van der Waals surface area contributed by atoms with Crippen molar-refractivity contribution in [2.45, 2.75) is 6.42 Å². The Morgan fingerprint density at radius 3 is 2.71 bits per heavy atom. The molecule has 0 radical (unpaired) electrons. The highest BCUT2D eigenvalue weighted by Crippen LogP contribution is 2.05. The van der Waals surface area contributed by atoms with Crippen LogP contribution in [0.5, 0.6) is 5.88 Å². The molecule has 4 nitrogen and oxygen atoms in total. The van der Waals surface area contributed by atoms with Crippen LogP contribution >= 0.6 is 0 Å². The van der Waals surface area contributed by atoms with Crippen LogP contribution in [0.25, 0.3) is 0 Å². The molecule has 2 aromatic rings. The molecule has 0 saturated carbocycles. The molecule has 1 heterocycles. The fourth-order valence-corrected chi connectivity index (χ4v) is 1.38.